The Labute approximate surface area is 183 Å². The third kappa shape index (κ3) is 2.87. The van der Waals surface area contributed by atoms with E-state index in [4.69, 9.17) is 4.74 Å². The highest BCUT2D eigenvalue weighted by Gasteiger charge is 2.55. The van der Waals surface area contributed by atoms with Crippen molar-refractivity contribution < 1.29 is 14.3 Å². The van der Waals surface area contributed by atoms with E-state index in [1.165, 1.54) is 26.4 Å². The van der Waals surface area contributed by atoms with Crippen molar-refractivity contribution in [2.75, 3.05) is 7.11 Å². The van der Waals surface area contributed by atoms with Gasteiger partial charge in [-0.2, -0.15) is 0 Å². The summed E-state index contributed by atoms with van der Waals surface area (Å²) >= 11 is 0. The molecule has 0 unspecified atom stereocenters. The molecule has 160 valence electrons. The average molecular weight is 416 g/mol. The zero-order chi connectivity index (χ0) is 21.2. The number of esters is 1. The molecule has 4 nitrogen and oxygen atoms in total. The van der Waals surface area contributed by atoms with Crippen molar-refractivity contribution in [3.8, 4) is 11.1 Å². The van der Waals surface area contributed by atoms with Crippen LogP contribution in [0.5, 0.6) is 0 Å². The van der Waals surface area contributed by atoms with Crippen molar-refractivity contribution in [2.24, 2.45) is 23.2 Å². The molecule has 4 heteroatoms. The number of carbonyl (C=O) groups excluding carboxylic acids is 2. The van der Waals surface area contributed by atoms with Crippen LogP contribution in [0.2, 0.25) is 0 Å². The van der Waals surface area contributed by atoms with Gasteiger partial charge in [0, 0.05) is 11.3 Å². The summed E-state index contributed by atoms with van der Waals surface area (Å²) in [6, 6.07) is 15.7. The van der Waals surface area contributed by atoms with Gasteiger partial charge in [-0.15, -0.1) is 0 Å². The van der Waals surface area contributed by atoms with Gasteiger partial charge in [0.1, 0.15) is 6.04 Å². The number of methoxy groups -OCH3 is 1. The van der Waals surface area contributed by atoms with Crippen molar-refractivity contribution in [3.63, 3.8) is 0 Å². The van der Waals surface area contributed by atoms with Gasteiger partial charge < -0.3 is 10.1 Å². The van der Waals surface area contributed by atoms with Gasteiger partial charge in [-0.1, -0.05) is 48.5 Å². The molecule has 0 aliphatic heterocycles. The molecule has 1 atom stereocenters. The van der Waals surface area contributed by atoms with E-state index < -0.39 is 6.04 Å². The van der Waals surface area contributed by atoms with Gasteiger partial charge in [0.2, 0.25) is 5.91 Å². The van der Waals surface area contributed by atoms with Crippen LogP contribution in [0.15, 0.2) is 48.5 Å². The zero-order valence-electron chi connectivity index (χ0n) is 18.0. The summed E-state index contributed by atoms with van der Waals surface area (Å²) in [5.41, 5.74) is 4.16. The molecular formula is C27H29NO3. The quantitative estimate of drug-likeness (QED) is 0.738. The molecule has 0 aromatic heterocycles. The highest BCUT2D eigenvalue weighted by molar-refractivity contribution is 5.91. The first-order chi connectivity index (χ1) is 15.1. The molecule has 0 radical (unpaired) electrons. The first-order valence-electron chi connectivity index (χ1n) is 11.6. The fourth-order valence-corrected chi connectivity index (χ4v) is 7.64. The number of hydrogen-bond donors (Lipinski definition) is 1. The van der Waals surface area contributed by atoms with Crippen LogP contribution in [0, 0.1) is 23.2 Å². The maximum atomic E-state index is 13.8. The highest BCUT2D eigenvalue weighted by Crippen LogP contribution is 2.60. The Hall–Kier alpha value is -2.62. The number of amides is 1. The lowest BCUT2D eigenvalue weighted by Gasteiger charge is -2.55. The first-order valence-corrected chi connectivity index (χ1v) is 11.6. The second kappa shape index (κ2) is 6.94. The maximum Gasteiger partial charge on any atom is 0.329 e. The van der Waals surface area contributed by atoms with Gasteiger partial charge in [0.15, 0.2) is 0 Å². The number of nitrogens with one attached hydrogen (secondary N) is 1. The molecule has 0 spiro atoms. The molecule has 4 saturated carbocycles. The Balaban J connectivity index is 1.37. The number of benzene rings is 2. The van der Waals surface area contributed by atoms with Gasteiger partial charge in [-0.05, 0) is 78.5 Å². The predicted octanol–water partition coefficient (Wildman–Crippen LogP) is 4.67. The van der Waals surface area contributed by atoms with Crippen LogP contribution in [-0.2, 0) is 14.3 Å². The molecule has 2 aromatic carbocycles. The summed E-state index contributed by atoms with van der Waals surface area (Å²) in [5, 5.41) is 3.23. The fraction of sp³-hybridized carbons (Fsp3) is 0.481. The summed E-state index contributed by atoms with van der Waals surface area (Å²) in [6.45, 7) is 0. The molecular weight excluding hydrogens is 386 g/mol. The molecule has 5 aliphatic carbocycles. The van der Waals surface area contributed by atoms with Crippen LogP contribution in [0.1, 0.15) is 55.6 Å². The standard InChI is InChI=1S/C27H29NO3/c1-31-25(29)24(23-21-8-4-2-6-19(21)20-7-3-5-9-22(20)23)28-26(30)27-13-16-10-17(14-27)12-18(11-16)15-27/h2-9,16-18,23-24H,10-15H2,1H3,(H,28,30)/t16?,17?,18?,24-,27?/m1/s1. The Morgan fingerprint density at radius 2 is 1.35 bits per heavy atom. The normalized spacial score (nSPS) is 31.1. The smallest absolute Gasteiger partial charge is 0.329 e. The van der Waals surface area contributed by atoms with E-state index in [0.29, 0.717) is 17.8 Å². The number of fused-ring (bicyclic) bond motifs is 3. The minimum absolute atomic E-state index is 0.0730. The first kappa shape index (κ1) is 19.1. The molecule has 0 heterocycles. The Kier molecular flexibility index (Phi) is 4.28. The summed E-state index contributed by atoms with van der Waals surface area (Å²) < 4.78 is 5.22. The third-order valence-corrected chi connectivity index (χ3v) is 8.48. The summed E-state index contributed by atoms with van der Waals surface area (Å²) in [6.07, 6.45) is 6.81. The molecule has 1 N–H and O–H groups in total. The Morgan fingerprint density at radius 1 is 0.871 bits per heavy atom. The molecule has 1 amide bonds. The molecule has 0 saturated heterocycles. The van der Waals surface area contributed by atoms with Crippen LogP contribution in [0.3, 0.4) is 0 Å². The van der Waals surface area contributed by atoms with Gasteiger partial charge in [-0.25, -0.2) is 4.79 Å². The van der Waals surface area contributed by atoms with Gasteiger partial charge in [0.05, 0.1) is 7.11 Å². The van der Waals surface area contributed by atoms with E-state index in [1.54, 1.807) is 0 Å². The van der Waals surface area contributed by atoms with Gasteiger partial charge >= 0.3 is 5.97 Å². The fourth-order valence-electron chi connectivity index (χ4n) is 7.64. The number of ether oxygens (including phenoxy) is 1. The maximum absolute atomic E-state index is 13.8. The summed E-state index contributed by atoms with van der Waals surface area (Å²) in [4.78, 5) is 26.8. The van der Waals surface area contributed by atoms with Crippen LogP contribution < -0.4 is 5.32 Å². The van der Waals surface area contributed by atoms with E-state index in [0.717, 1.165) is 41.5 Å². The minimum Gasteiger partial charge on any atom is -0.467 e. The molecule has 7 rings (SSSR count). The van der Waals surface area contributed by atoms with E-state index >= 15 is 0 Å². The van der Waals surface area contributed by atoms with Crippen molar-refractivity contribution in [1.82, 2.24) is 5.32 Å². The monoisotopic (exact) mass is 415 g/mol. The van der Waals surface area contributed by atoms with Crippen molar-refractivity contribution >= 4 is 11.9 Å². The molecule has 31 heavy (non-hydrogen) atoms. The average Bonchev–Trinajstić information content (AvgIpc) is 3.10. The zero-order valence-corrected chi connectivity index (χ0v) is 18.0. The van der Waals surface area contributed by atoms with E-state index in [1.807, 2.05) is 24.3 Å². The van der Waals surface area contributed by atoms with Crippen LogP contribution in [-0.4, -0.2) is 25.0 Å². The lowest BCUT2D eigenvalue weighted by Crippen LogP contribution is -2.57. The SMILES string of the molecule is COC(=O)[C@H](NC(=O)C12CC3CC(CC(C3)C1)C2)C1c2ccccc2-c2ccccc21. The van der Waals surface area contributed by atoms with Crippen LogP contribution >= 0.6 is 0 Å². The molecule has 2 aromatic rings. The summed E-state index contributed by atoms with van der Waals surface area (Å²) in [7, 11) is 1.42. The Morgan fingerprint density at radius 3 is 1.84 bits per heavy atom. The van der Waals surface area contributed by atoms with Gasteiger partial charge in [-0.3, -0.25) is 4.79 Å². The third-order valence-electron chi connectivity index (χ3n) is 8.48. The number of hydrogen-bond acceptors (Lipinski definition) is 3. The second-order valence-electron chi connectivity index (χ2n) is 10.3. The number of rotatable bonds is 4. The number of carbonyl (C=O) groups is 2. The second-order valence-corrected chi connectivity index (χ2v) is 10.3. The van der Waals surface area contributed by atoms with Gasteiger partial charge in [0.25, 0.3) is 0 Å². The molecule has 4 fully saturated rings. The van der Waals surface area contributed by atoms with Crippen molar-refractivity contribution in [2.45, 2.75) is 50.5 Å². The van der Waals surface area contributed by atoms with E-state index in [-0.39, 0.29) is 23.2 Å². The minimum atomic E-state index is -0.713. The Bertz CT molecular complexity index is 977. The highest BCUT2D eigenvalue weighted by atomic mass is 16.5. The molecule has 5 aliphatic rings. The lowest BCUT2D eigenvalue weighted by atomic mass is 9.49. The van der Waals surface area contributed by atoms with E-state index in [2.05, 4.69) is 29.6 Å². The predicted molar refractivity (Wildman–Crippen MR) is 118 cm³/mol. The topological polar surface area (TPSA) is 55.4 Å². The van der Waals surface area contributed by atoms with Crippen molar-refractivity contribution in [3.05, 3.63) is 59.7 Å². The van der Waals surface area contributed by atoms with E-state index in [9.17, 15) is 9.59 Å². The largest absolute Gasteiger partial charge is 0.467 e. The lowest BCUT2D eigenvalue weighted by molar-refractivity contribution is -0.153. The molecule has 4 bridgehead atoms. The van der Waals surface area contributed by atoms with Crippen LogP contribution in [0.25, 0.3) is 11.1 Å². The van der Waals surface area contributed by atoms with Crippen LogP contribution in [0.4, 0.5) is 0 Å². The van der Waals surface area contributed by atoms with Crippen molar-refractivity contribution in [1.29, 1.82) is 0 Å². The summed E-state index contributed by atoms with van der Waals surface area (Å²) in [5.74, 6) is 1.53.